The second-order valence-corrected chi connectivity index (χ2v) is 3.48. The molecule has 0 unspecified atom stereocenters. The van der Waals surface area contributed by atoms with Crippen LogP contribution in [0.1, 0.15) is 10.5 Å². The largest absolute Gasteiger partial charge is 0.476 e. The van der Waals surface area contributed by atoms with Crippen molar-refractivity contribution < 1.29 is 23.2 Å². The maximum absolute atomic E-state index is 13.4. The summed E-state index contributed by atoms with van der Waals surface area (Å²) in [6.45, 7) is 0. The zero-order valence-electron chi connectivity index (χ0n) is 8.08. The molecule has 1 N–H and O–H groups in total. The summed E-state index contributed by atoms with van der Waals surface area (Å²) in [5.41, 5.74) is -0.772. The molecule has 0 saturated carbocycles. The number of hydrogen-bond donors (Lipinski definition) is 1. The number of carbonyl (C=O) groups is 1. The van der Waals surface area contributed by atoms with Crippen molar-refractivity contribution in [3.63, 3.8) is 0 Å². The Bertz CT molecular complexity index is 597. The molecule has 0 radical (unpaired) electrons. The van der Waals surface area contributed by atoms with Crippen LogP contribution in [-0.4, -0.2) is 16.2 Å². The summed E-state index contributed by atoms with van der Waals surface area (Å²) < 4.78 is 31.2. The third-order valence-electron chi connectivity index (χ3n) is 2.02. The molecular weight excluding hydrogens is 256 g/mol. The first-order chi connectivity index (χ1) is 8.00. The molecule has 1 heterocycles. The summed E-state index contributed by atoms with van der Waals surface area (Å²) >= 11 is 5.57. The minimum Gasteiger partial charge on any atom is -0.476 e. The average Bonchev–Trinajstić information content (AvgIpc) is 2.73. The summed E-state index contributed by atoms with van der Waals surface area (Å²) in [6.07, 6.45) is 0. The van der Waals surface area contributed by atoms with Crippen molar-refractivity contribution in [2.75, 3.05) is 0 Å². The van der Waals surface area contributed by atoms with Crippen molar-refractivity contribution in [3.8, 4) is 11.3 Å². The Morgan fingerprint density at radius 2 is 2.00 bits per heavy atom. The normalized spacial score (nSPS) is 10.5. The first-order valence-electron chi connectivity index (χ1n) is 4.34. The lowest BCUT2D eigenvalue weighted by molar-refractivity contribution is 0.0686. The van der Waals surface area contributed by atoms with Gasteiger partial charge in [0.1, 0.15) is 11.6 Å². The van der Waals surface area contributed by atoms with E-state index in [1.807, 2.05) is 0 Å². The van der Waals surface area contributed by atoms with Crippen molar-refractivity contribution in [2.24, 2.45) is 0 Å². The van der Waals surface area contributed by atoms with Crippen LogP contribution in [0.5, 0.6) is 0 Å². The van der Waals surface area contributed by atoms with Crippen molar-refractivity contribution in [1.29, 1.82) is 0 Å². The molecule has 2 rings (SSSR count). The van der Waals surface area contributed by atoms with Crippen LogP contribution in [0.25, 0.3) is 11.3 Å². The maximum Gasteiger partial charge on any atom is 0.358 e. The number of nitrogens with zero attached hydrogens (tertiary/aromatic N) is 1. The fourth-order valence-electron chi connectivity index (χ4n) is 1.25. The first-order valence-corrected chi connectivity index (χ1v) is 4.72. The molecule has 0 aliphatic carbocycles. The minimum atomic E-state index is -1.34. The molecule has 17 heavy (non-hydrogen) atoms. The lowest BCUT2D eigenvalue weighted by atomic mass is 10.1. The third kappa shape index (κ3) is 1.99. The zero-order valence-corrected chi connectivity index (χ0v) is 8.83. The highest BCUT2D eigenvalue weighted by Crippen LogP contribution is 2.32. The fraction of sp³-hybridized carbons (Fsp3) is 0. The van der Waals surface area contributed by atoms with E-state index in [1.54, 1.807) is 0 Å². The van der Waals surface area contributed by atoms with Gasteiger partial charge in [0.05, 0.1) is 10.6 Å². The van der Waals surface area contributed by atoms with E-state index in [0.29, 0.717) is 0 Å². The highest BCUT2D eigenvalue weighted by Gasteiger charge is 2.20. The van der Waals surface area contributed by atoms with E-state index < -0.39 is 28.3 Å². The highest BCUT2D eigenvalue weighted by atomic mass is 35.5. The van der Waals surface area contributed by atoms with E-state index in [1.165, 1.54) is 0 Å². The number of aromatic nitrogens is 1. The molecule has 0 saturated heterocycles. The van der Waals surface area contributed by atoms with Gasteiger partial charge in [0.15, 0.2) is 11.5 Å². The molecule has 2 aromatic rings. The number of halogens is 3. The number of aromatic carboxylic acids is 1. The molecule has 1 aromatic carbocycles. The van der Waals surface area contributed by atoms with E-state index in [4.69, 9.17) is 16.7 Å². The van der Waals surface area contributed by atoms with Crippen molar-refractivity contribution in [2.45, 2.75) is 0 Å². The number of hydrogen-bond acceptors (Lipinski definition) is 3. The van der Waals surface area contributed by atoms with Crippen LogP contribution in [0.15, 0.2) is 22.7 Å². The first kappa shape index (κ1) is 11.5. The lowest BCUT2D eigenvalue weighted by Gasteiger charge is -2.01. The number of benzene rings is 1. The fourth-order valence-corrected chi connectivity index (χ4v) is 1.49. The van der Waals surface area contributed by atoms with E-state index in [9.17, 15) is 13.6 Å². The quantitative estimate of drug-likeness (QED) is 0.842. The second-order valence-electron chi connectivity index (χ2n) is 3.10. The van der Waals surface area contributed by atoms with E-state index in [2.05, 4.69) is 9.68 Å². The van der Waals surface area contributed by atoms with Gasteiger partial charge in [0, 0.05) is 6.07 Å². The summed E-state index contributed by atoms with van der Waals surface area (Å²) in [6, 6.07) is 2.68. The van der Waals surface area contributed by atoms with E-state index in [0.717, 1.165) is 18.2 Å². The Hall–Kier alpha value is -1.95. The van der Waals surface area contributed by atoms with Gasteiger partial charge < -0.3 is 9.63 Å². The number of carboxylic acids is 1. The molecule has 0 amide bonds. The van der Waals surface area contributed by atoms with Gasteiger partial charge in [-0.3, -0.25) is 0 Å². The predicted octanol–water partition coefficient (Wildman–Crippen LogP) is 2.97. The highest BCUT2D eigenvalue weighted by molar-refractivity contribution is 6.33. The van der Waals surface area contributed by atoms with E-state index >= 15 is 0 Å². The Kier molecular flexibility index (Phi) is 2.81. The minimum absolute atomic E-state index is 0.246. The summed E-state index contributed by atoms with van der Waals surface area (Å²) in [4.78, 5) is 10.6. The Labute approximate surface area is 98.4 Å². The molecule has 0 aliphatic heterocycles. The smallest absolute Gasteiger partial charge is 0.358 e. The molecule has 0 bridgehead atoms. The SMILES string of the molecule is O=C(O)c1cc(-c2c(F)ccc(F)c2Cl)on1. The van der Waals surface area contributed by atoms with Crippen LogP contribution in [-0.2, 0) is 0 Å². The van der Waals surface area contributed by atoms with Crippen LogP contribution in [0.3, 0.4) is 0 Å². The standard InChI is InChI=1S/C10H4ClF2NO3/c11-9-5(13)2-1-4(12)8(9)7-3-6(10(15)16)14-17-7/h1-3H,(H,15,16). The van der Waals surface area contributed by atoms with Gasteiger partial charge in [0.2, 0.25) is 0 Å². The summed E-state index contributed by atoms with van der Waals surface area (Å²) in [7, 11) is 0. The molecule has 0 fully saturated rings. The Morgan fingerprint density at radius 3 is 2.59 bits per heavy atom. The van der Waals surface area contributed by atoms with Gasteiger partial charge >= 0.3 is 5.97 Å². The van der Waals surface area contributed by atoms with Crippen LogP contribution < -0.4 is 0 Å². The van der Waals surface area contributed by atoms with Crippen LogP contribution in [0.4, 0.5) is 8.78 Å². The van der Waals surface area contributed by atoms with Gasteiger partial charge in [0.25, 0.3) is 0 Å². The maximum atomic E-state index is 13.4. The van der Waals surface area contributed by atoms with Gasteiger partial charge in [-0.05, 0) is 12.1 Å². The Balaban J connectivity index is 2.60. The monoisotopic (exact) mass is 259 g/mol. The average molecular weight is 260 g/mol. The number of carboxylic acid groups (broad SMARTS) is 1. The van der Waals surface area contributed by atoms with Gasteiger partial charge in [-0.25, -0.2) is 13.6 Å². The zero-order chi connectivity index (χ0) is 12.6. The molecular formula is C10H4ClF2NO3. The van der Waals surface area contributed by atoms with Crippen LogP contribution in [0, 0.1) is 11.6 Å². The molecule has 0 spiro atoms. The topological polar surface area (TPSA) is 63.3 Å². The molecule has 1 aromatic heterocycles. The molecule has 0 aliphatic rings. The lowest BCUT2D eigenvalue weighted by Crippen LogP contribution is -1.94. The number of rotatable bonds is 2. The van der Waals surface area contributed by atoms with Gasteiger partial charge in [-0.1, -0.05) is 16.8 Å². The Morgan fingerprint density at radius 1 is 1.35 bits per heavy atom. The summed E-state index contributed by atoms with van der Waals surface area (Å²) in [5.74, 6) is -3.25. The van der Waals surface area contributed by atoms with Crippen molar-refractivity contribution in [3.05, 3.63) is 40.6 Å². The molecule has 88 valence electrons. The van der Waals surface area contributed by atoms with Crippen LogP contribution >= 0.6 is 11.6 Å². The van der Waals surface area contributed by atoms with E-state index in [-0.39, 0.29) is 11.3 Å². The molecule has 4 nitrogen and oxygen atoms in total. The van der Waals surface area contributed by atoms with Gasteiger partial charge in [-0.15, -0.1) is 0 Å². The van der Waals surface area contributed by atoms with Crippen molar-refractivity contribution in [1.82, 2.24) is 5.16 Å². The second kappa shape index (κ2) is 4.14. The predicted molar refractivity (Wildman–Crippen MR) is 53.8 cm³/mol. The van der Waals surface area contributed by atoms with Crippen LogP contribution in [0.2, 0.25) is 5.02 Å². The summed E-state index contributed by atoms with van der Waals surface area (Å²) in [5, 5.41) is 11.3. The molecule has 0 atom stereocenters. The molecule has 7 heteroatoms. The van der Waals surface area contributed by atoms with Crippen molar-refractivity contribution >= 4 is 17.6 Å². The third-order valence-corrected chi connectivity index (χ3v) is 2.39. The van der Waals surface area contributed by atoms with Gasteiger partial charge in [-0.2, -0.15) is 0 Å².